The second kappa shape index (κ2) is 8.33. The number of rotatable bonds is 4. The molecule has 4 heteroatoms. The molecule has 21 heavy (non-hydrogen) atoms. The van der Waals surface area contributed by atoms with Crippen molar-refractivity contribution in [3.8, 4) is 11.8 Å². The van der Waals surface area contributed by atoms with Crippen LogP contribution in [0.15, 0.2) is 30.3 Å². The minimum Gasteiger partial charge on any atom is -0.376 e. The Labute approximate surface area is 126 Å². The molecule has 0 unspecified atom stereocenters. The van der Waals surface area contributed by atoms with E-state index in [1.807, 2.05) is 30.3 Å². The average Bonchev–Trinajstić information content (AvgIpc) is 3.04. The maximum absolute atomic E-state index is 11.8. The normalized spacial score (nSPS) is 18.4. The molecule has 1 aliphatic rings. The molecule has 4 nitrogen and oxygen atoms in total. The first-order valence-electron chi connectivity index (χ1n) is 7.49. The molecule has 0 saturated carbocycles. The lowest BCUT2D eigenvalue weighted by Crippen LogP contribution is -2.47. The Balaban J connectivity index is 1.73. The van der Waals surface area contributed by atoms with Crippen LogP contribution in [-0.4, -0.2) is 31.3 Å². The molecule has 2 rings (SSSR count). The predicted molar refractivity (Wildman–Crippen MR) is 82.9 cm³/mol. The zero-order valence-corrected chi connectivity index (χ0v) is 12.4. The highest BCUT2D eigenvalue weighted by molar-refractivity contribution is 5.74. The van der Waals surface area contributed by atoms with E-state index >= 15 is 0 Å². The summed E-state index contributed by atoms with van der Waals surface area (Å²) in [7, 11) is 0. The topological polar surface area (TPSA) is 50.4 Å². The van der Waals surface area contributed by atoms with Gasteiger partial charge in [0.05, 0.1) is 18.7 Å². The van der Waals surface area contributed by atoms with Gasteiger partial charge >= 0.3 is 6.03 Å². The molecule has 0 aliphatic carbocycles. The third-order valence-corrected chi connectivity index (χ3v) is 3.51. The summed E-state index contributed by atoms with van der Waals surface area (Å²) in [6, 6.07) is 9.62. The van der Waals surface area contributed by atoms with E-state index in [0.29, 0.717) is 6.54 Å². The van der Waals surface area contributed by atoms with E-state index in [0.717, 1.165) is 31.4 Å². The van der Waals surface area contributed by atoms with Gasteiger partial charge in [-0.25, -0.2) is 4.79 Å². The van der Waals surface area contributed by atoms with Crippen molar-refractivity contribution in [2.45, 2.75) is 38.3 Å². The van der Waals surface area contributed by atoms with Crippen LogP contribution in [0, 0.1) is 11.8 Å². The average molecular weight is 286 g/mol. The van der Waals surface area contributed by atoms with Crippen LogP contribution < -0.4 is 10.6 Å². The zero-order chi connectivity index (χ0) is 14.9. The summed E-state index contributed by atoms with van der Waals surface area (Å²) in [4.78, 5) is 11.8. The maximum atomic E-state index is 11.8. The van der Waals surface area contributed by atoms with Crippen LogP contribution >= 0.6 is 0 Å². The molecule has 1 aromatic carbocycles. The summed E-state index contributed by atoms with van der Waals surface area (Å²) >= 11 is 0. The van der Waals surface area contributed by atoms with Gasteiger partial charge in [0.25, 0.3) is 0 Å². The van der Waals surface area contributed by atoms with Gasteiger partial charge in [-0.2, -0.15) is 0 Å². The first kappa shape index (κ1) is 15.4. The van der Waals surface area contributed by atoms with Crippen LogP contribution in [0.2, 0.25) is 0 Å². The zero-order valence-electron chi connectivity index (χ0n) is 12.4. The van der Waals surface area contributed by atoms with E-state index in [4.69, 9.17) is 4.74 Å². The minimum atomic E-state index is -0.181. The number of carbonyl (C=O) groups excluding carboxylic acids is 1. The molecule has 0 spiro atoms. The van der Waals surface area contributed by atoms with Crippen LogP contribution in [0.25, 0.3) is 0 Å². The van der Waals surface area contributed by atoms with Crippen molar-refractivity contribution in [3.05, 3.63) is 35.9 Å². The van der Waals surface area contributed by atoms with Gasteiger partial charge in [0.1, 0.15) is 0 Å². The number of amides is 2. The monoisotopic (exact) mass is 286 g/mol. The third-order valence-electron chi connectivity index (χ3n) is 3.51. The van der Waals surface area contributed by atoms with Gasteiger partial charge in [0, 0.05) is 12.2 Å². The Morgan fingerprint density at radius 3 is 2.90 bits per heavy atom. The van der Waals surface area contributed by atoms with Crippen molar-refractivity contribution < 1.29 is 9.53 Å². The van der Waals surface area contributed by atoms with E-state index in [2.05, 4.69) is 29.4 Å². The van der Waals surface area contributed by atoms with Crippen molar-refractivity contribution in [1.29, 1.82) is 0 Å². The minimum absolute atomic E-state index is 0.0783. The molecule has 2 amide bonds. The summed E-state index contributed by atoms with van der Waals surface area (Å²) in [5.41, 5.74) is 0.950. The quantitative estimate of drug-likeness (QED) is 0.834. The number of benzene rings is 1. The Morgan fingerprint density at radius 2 is 2.24 bits per heavy atom. The lowest BCUT2D eigenvalue weighted by atomic mass is 10.1. The van der Waals surface area contributed by atoms with Gasteiger partial charge in [0.2, 0.25) is 0 Å². The maximum Gasteiger partial charge on any atom is 0.315 e. The van der Waals surface area contributed by atoms with Gasteiger partial charge < -0.3 is 15.4 Å². The Kier molecular flexibility index (Phi) is 6.11. The summed E-state index contributed by atoms with van der Waals surface area (Å²) in [5, 5.41) is 5.73. The standard InChI is InChI=1S/C17H22N2O2/c1-2-15(16-11-7-13-21-16)19-17(20)18-12-6-10-14-8-4-3-5-9-14/h3-5,8-9,15-16H,2,7,11-13H2,1H3,(H2,18,19,20)/t15-,16+/m1/s1. The Morgan fingerprint density at radius 1 is 1.43 bits per heavy atom. The fraction of sp³-hybridized carbons (Fsp3) is 0.471. The van der Waals surface area contributed by atoms with Crippen LogP contribution in [0.1, 0.15) is 31.7 Å². The van der Waals surface area contributed by atoms with E-state index in [1.54, 1.807) is 0 Å². The fourth-order valence-electron chi connectivity index (χ4n) is 2.39. The summed E-state index contributed by atoms with van der Waals surface area (Å²) < 4.78 is 5.62. The highest BCUT2D eigenvalue weighted by Crippen LogP contribution is 2.17. The molecule has 0 bridgehead atoms. The van der Waals surface area contributed by atoms with Crippen LogP contribution in [0.5, 0.6) is 0 Å². The predicted octanol–water partition coefficient (Wildman–Crippen LogP) is 2.29. The molecule has 2 atom stereocenters. The number of nitrogens with one attached hydrogen (secondary N) is 2. The van der Waals surface area contributed by atoms with Crippen molar-refractivity contribution in [2.75, 3.05) is 13.2 Å². The SMILES string of the molecule is CC[C@@H](NC(=O)NCC#Cc1ccccc1)[C@@H]1CCCO1. The molecule has 0 radical (unpaired) electrons. The van der Waals surface area contributed by atoms with Crippen LogP contribution in [0.3, 0.4) is 0 Å². The van der Waals surface area contributed by atoms with Crippen molar-refractivity contribution >= 4 is 6.03 Å². The Bertz CT molecular complexity index is 499. The van der Waals surface area contributed by atoms with Crippen molar-refractivity contribution in [1.82, 2.24) is 10.6 Å². The smallest absolute Gasteiger partial charge is 0.315 e. The first-order valence-corrected chi connectivity index (χ1v) is 7.49. The number of carbonyl (C=O) groups is 1. The highest BCUT2D eigenvalue weighted by atomic mass is 16.5. The number of urea groups is 1. The molecular formula is C17H22N2O2. The molecular weight excluding hydrogens is 264 g/mol. The largest absolute Gasteiger partial charge is 0.376 e. The summed E-state index contributed by atoms with van der Waals surface area (Å²) in [5.74, 6) is 5.95. The second-order valence-electron chi connectivity index (χ2n) is 5.06. The molecule has 1 fully saturated rings. The molecule has 1 saturated heterocycles. The highest BCUT2D eigenvalue weighted by Gasteiger charge is 2.25. The number of hydrogen-bond donors (Lipinski definition) is 2. The van der Waals surface area contributed by atoms with E-state index in [9.17, 15) is 4.79 Å². The molecule has 1 heterocycles. The van der Waals surface area contributed by atoms with E-state index in [1.165, 1.54) is 0 Å². The van der Waals surface area contributed by atoms with Gasteiger partial charge in [-0.1, -0.05) is 37.0 Å². The Hall–Kier alpha value is -1.99. The van der Waals surface area contributed by atoms with Crippen molar-refractivity contribution in [3.63, 3.8) is 0 Å². The fourth-order valence-corrected chi connectivity index (χ4v) is 2.39. The molecule has 1 aromatic rings. The molecule has 0 aromatic heterocycles. The van der Waals surface area contributed by atoms with Crippen molar-refractivity contribution in [2.24, 2.45) is 0 Å². The van der Waals surface area contributed by atoms with E-state index < -0.39 is 0 Å². The van der Waals surface area contributed by atoms with Gasteiger partial charge in [0.15, 0.2) is 0 Å². The number of hydrogen-bond acceptors (Lipinski definition) is 2. The van der Waals surface area contributed by atoms with Crippen LogP contribution in [-0.2, 0) is 4.74 Å². The van der Waals surface area contributed by atoms with Crippen LogP contribution in [0.4, 0.5) is 4.79 Å². The second-order valence-corrected chi connectivity index (χ2v) is 5.06. The lowest BCUT2D eigenvalue weighted by Gasteiger charge is -2.22. The van der Waals surface area contributed by atoms with Gasteiger partial charge in [-0.05, 0) is 31.4 Å². The molecule has 2 N–H and O–H groups in total. The van der Waals surface area contributed by atoms with Gasteiger partial charge in [-0.3, -0.25) is 0 Å². The molecule has 112 valence electrons. The first-order chi connectivity index (χ1) is 10.3. The van der Waals surface area contributed by atoms with E-state index in [-0.39, 0.29) is 18.2 Å². The summed E-state index contributed by atoms with van der Waals surface area (Å²) in [6.45, 7) is 3.19. The molecule has 1 aliphatic heterocycles. The summed E-state index contributed by atoms with van der Waals surface area (Å²) in [6.07, 6.45) is 3.11. The van der Waals surface area contributed by atoms with Gasteiger partial charge in [-0.15, -0.1) is 0 Å². The lowest BCUT2D eigenvalue weighted by molar-refractivity contribution is 0.0797. The third kappa shape index (κ3) is 5.13. The number of ether oxygens (including phenoxy) is 1.